The van der Waals surface area contributed by atoms with E-state index < -0.39 is 0 Å². The number of hydrogen-bond donors (Lipinski definition) is 1. The number of nitrogens with zero attached hydrogens (tertiary/aromatic N) is 3. The van der Waals surface area contributed by atoms with Gasteiger partial charge in [0.25, 0.3) is 11.8 Å². The number of aromatic nitrogens is 2. The molecule has 0 spiro atoms. The molecule has 1 aromatic heterocycles. The average Bonchev–Trinajstić information content (AvgIpc) is 3.35. The Hall–Kier alpha value is -3.46. The normalized spacial score (nSPS) is 15.7. The molecule has 0 unspecified atom stereocenters. The Morgan fingerprint density at radius 3 is 2.55 bits per heavy atom. The molecular formula is C24H26N4O4S. The molecule has 4 rings (SSSR count). The van der Waals surface area contributed by atoms with Gasteiger partial charge in [0.2, 0.25) is 5.01 Å². The van der Waals surface area contributed by atoms with Gasteiger partial charge in [0.05, 0.1) is 7.11 Å². The number of amides is 2. The largest absolute Gasteiger partial charge is 0.497 e. The van der Waals surface area contributed by atoms with Gasteiger partial charge in [-0.25, -0.2) is 0 Å². The molecule has 0 saturated carbocycles. The molecule has 9 heteroatoms. The van der Waals surface area contributed by atoms with Crippen LogP contribution in [0, 0.1) is 6.92 Å². The molecule has 2 heterocycles. The second kappa shape index (κ2) is 10.4. The molecule has 1 fully saturated rings. The van der Waals surface area contributed by atoms with Crippen molar-refractivity contribution in [3.05, 3.63) is 64.1 Å². The number of piperidine rings is 1. The van der Waals surface area contributed by atoms with Crippen LogP contribution in [0.25, 0.3) is 0 Å². The molecule has 0 radical (unpaired) electrons. The minimum absolute atomic E-state index is 0.0284. The van der Waals surface area contributed by atoms with E-state index in [-0.39, 0.29) is 24.3 Å². The van der Waals surface area contributed by atoms with Crippen molar-refractivity contribution in [3.8, 4) is 11.5 Å². The summed E-state index contributed by atoms with van der Waals surface area (Å²) in [5.41, 5.74) is 1.84. The van der Waals surface area contributed by atoms with Crippen molar-refractivity contribution >= 4 is 28.8 Å². The highest BCUT2D eigenvalue weighted by molar-refractivity contribution is 7.13. The monoisotopic (exact) mass is 466 g/mol. The highest BCUT2D eigenvalue weighted by atomic mass is 32.1. The molecule has 0 bridgehead atoms. The number of rotatable bonds is 7. The van der Waals surface area contributed by atoms with Gasteiger partial charge in [-0.2, -0.15) is 0 Å². The van der Waals surface area contributed by atoms with Crippen LogP contribution >= 0.6 is 11.3 Å². The Labute approximate surface area is 196 Å². The van der Waals surface area contributed by atoms with Gasteiger partial charge in [-0.05, 0) is 56.2 Å². The number of methoxy groups -OCH3 is 1. The first-order valence-corrected chi connectivity index (χ1v) is 11.6. The quantitative estimate of drug-likeness (QED) is 0.568. The molecule has 8 nitrogen and oxygen atoms in total. The first-order chi connectivity index (χ1) is 16.0. The van der Waals surface area contributed by atoms with E-state index in [1.807, 2.05) is 31.2 Å². The van der Waals surface area contributed by atoms with E-state index in [4.69, 9.17) is 9.47 Å². The third-order valence-electron chi connectivity index (χ3n) is 5.49. The van der Waals surface area contributed by atoms with Crippen LogP contribution in [0.2, 0.25) is 0 Å². The van der Waals surface area contributed by atoms with Gasteiger partial charge in [0.1, 0.15) is 16.5 Å². The van der Waals surface area contributed by atoms with Gasteiger partial charge in [-0.1, -0.05) is 29.0 Å². The van der Waals surface area contributed by atoms with Gasteiger partial charge in [0.15, 0.2) is 6.61 Å². The Morgan fingerprint density at radius 1 is 1.09 bits per heavy atom. The smallest absolute Gasteiger partial charge is 0.286 e. The third kappa shape index (κ3) is 5.87. The zero-order chi connectivity index (χ0) is 23.2. The van der Waals surface area contributed by atoms with Crippen LogP contribution in [-0.4, -0.2) is 53.7 Å². The van der Waals surface area contributed by atoms with Crippen LogP contribution in [0.5, 0.6) is 11.5 Å². The Bertz CT molecular complexity index is 1100. The fraction of sp³-hybridized carbons (Fsp3) is 0.333. The van der Waals surface area contributed by atoms with Crippen LogP contribution < -0.4 is 14.8 Å². The lowest BCUT2D eigenvalue weighted by Crippen LogP contribution is -2.41. The first-order valence-electron chi connectivity index (χ1n) is 10.8. The molecule has 2 amide bonds. The summed E-state index contributed by atoms with van der Waals surface area (Å²) in [4.78, 5) is 27.0. The van der Waals surface area contributed by atoms with Crippen LogP contribution in [0.4, 0.5) is 5.69 Å². The van der Waals surface area contributed by atoms with Crippen molar-refractivity contribution in [2.24, 2.45) is 0 Å². The molecule has 1 atom stereocenters. The zero-order valence-corrected chi connectivity index (χ0v) is 19.4. The van der Waals surface area contributed by atoms with Gasteiger partial charge in [0, 0.05) is 24.7 Å². The van der Waals surface area contributed by atoms with Crippen molar-refractivity contribution in [2.75, 3.05) is 32.1 Å². The maximum Gasteiger partial charge on any atom is 0.286 e. The van der Waals surface area contributed by atoms with Crippen LogP contribution in [0.15, 0.2) is 48.5 Å². The molecule has 2 aromatic carbocycles. The van der Waals surface area contributed by atoms with Crippen molar-refractivity contribution in [1.29, 1.82) is 0 Å². The SMILES string of the molecule is COc1ccc(OCC(=O)N2CCC[C@@H](c3nnc(C(=O)Nc4ccc(C)cc4)s3)C2)cc1. The maximum atomic E-state index is 12.7. The summed E-state index contributed by atoms with van der Waals surface area (Å²) >= 11 is 1.28. The van der Waals surface area contributed by atoms with Crippen LogP contribution in [0.3, 0.4) is 0 Å². The standard InChI is InChI=1S/C24H26N4O4S/c1-16-5-7-18(8-6-16)25-22(30)24-27-26-23(33-24)17-4-3-13-28(14-17)21(29)15-32-20-11-9-19(31-2)10-12-20/h5-12,17H,3-4,13-15H2,1-2H3,(H,25,30)/t17-/m1/s1. The number of carbonyl (C=O) groups excluding carboxylic acids is 2. The molecule has 1 saturated heterocycles. The second-order valence-corrected chi connectivity index (χ2v) is 8.92. The fourth-order valence-electron chi connectivity index (χ4n) is 3.63. The predicted molar refractivity (Wildman–Crippen MR) is 126 cm³/mol. The highest BCUT2D eigenvalue weighted by Crippen LogP contribution is 2.29. The lowest BCUT2D eigenvalue weighted by atomic mass is 9.99. The van der Waals surface area contributed by atoms with Crippen molar-refractivity contribution in [2.45, 2.75) is 25.7 Å². The summed E-state index contributed by atoms with van der Waals surface area (Å²) in [6.07, 6.45) is 1.76. The van der Waals surface area contributed by atoms with Crippen molar-refractivity contribution in [1.82, 2.24) is 15.1 Å². The summed E-state index contributed by atoms with van der Waals surface area (Å²) in [6.45, 7) is 3.19. The number of aryl methyl sites for hydroxylation is 1. The van der Waals surface area contributed by atoms with E-state index in [2.05, 4.69) is 15.5 Å². The van der Waals surface area contributed by atoms with Gasteiger partial charge in [-0.3, -0.25) is 9.59 Å². The highest BCUT2D eigenvalue weighted by Gasteiger charge is 2.28. The van der Waals surface area contributed by atoms with Crippen LogP contribution in [0.1, 0.15) is 39.1 Å². The van der Waals surface area contributed by atoms with E-state index in [0.29, 0.717) is 29.5 Å². The number of anilines is 1. The topological polar surface area (TPSA) is 93.7 Å². The number of ether oxygens (including phenoxy) is 2. The molecule has 33 heavy (non-hydrogen) atoms. The predicted octanol–water partition coefficient (Wildman–Crippen LogP) is 3.89. The van der Waals surface area contributed by atoms with E-state index >= 15 is 0 Å². The molecular weight excluding hydrogens is 440 g/mol. The second-order valence-electron chi connectivity index (χ2n) is 7.91. The average molecular weight is 467 g/mol. The summed E-state index contributed by atoms with van der Waals surface area (Å²) in [5.74, 6) is 1.06. The molecule has 1 aliphatic heterocycles. The van der Waals surface area contributed by atoms with E-state index in [0.717, 1.165) is 29.2 Å². The van der Waals surface area contributed by atoms with Gasteiger partial charge < -0.3 is 19.7 Å². The summed E-state index contributed by atoms with van der Waals surface area (Å²) in [7, 11) is 1.60. The number of nitrogens with one attached hydrogen (secondary N) is 1. The van der Waals surface area contributed by atoms with Crippen molar-refractivity contribution < 1.29 is 19.1 Å². The minimum atomic E-state index is -0.278. The van der Waals surface area contributed by atoms with E-state index in [1.165, 1.54) is 11.3 Å². The summed E-state index contributed by atoms with van der Waals surface area (Å²) in [5, 5.41) is 12.3. The van der Waals surface area contributed by atoms with Gasteiger partial charge >= 0.3 is 0 Å². The summed E-state index contributed by atoms with van der Waals surface area (Å²) in [6, 6.07) is 14.7. The van der Waals surface area contributed by atoms with E-state index in [9.17, 15) is 9.59 Å². The molecule has 3 aromatic rings. The lowest BCUT2D eigenvalue weighted by molar-refractivity contribution is -0.134. The molecule has 1 N–H and O–H groups in total. The van der Waals surface area contributed by atoms with Crippen LogP contribution in [-0.2, 0) is 4.79 Å². The maximum absolute atomic E-state index is 12.7. The number of likely N-dealkylation sites (tertiary alicyclic amines) is 1. The lowest BCUT2D eigenvalue weighted by Gasteiger charge is -2.31. The molecule has 172 valence electrons. The number of benzene rings is 2. The Kier molecular flexibility index (Phi) is 7.19. The Balaban J connectivity index is 1.32. The Morgan fingerprint density at radius 2 is 1.82 bits per heavy atom. The fourth-order valence-corrected chi connectivity index (χ4v) is 4.49. The van der Waals surface area contributed by atoms with Gasteiger partial charge in [-0.15, -0.1) is 10.2 Å². The zero-order valence-electron chi connectivity index (χ0n) is 18.6. The molecule has 0 aliphatic carbocycles. The minimum Gasteiger partial charge on any atom is -0.497 e. The van der Waals surface area contributed by atoms with E-state index in [1.54, 1.807) is 36.3 Å². The molecule has 1 aliphatic rings. The summed E-state index contributed by atoms with van der Waals surface area (Å²) < 4.78 is 10.8. The third-order valence-corrected chi connectivity index (χ3v) is 6.57. The van der Waals surface area contributed by atoms with Crippen molar-refractivity contribution in [3.63, 3.8) is 0 Å². The number of hydrogen-bond acceptors (Lipinski definition) is 7. The first kappa shape index (κ1) is 22.7. The number of carbonyl (C=O) groups is 2.